The van der Waals surface area contributed by atoms with Gasteiger partial charge in [0.25, 0.3) is 0 Å². The smallest absolute Gasteiger partial charge is 0.0221 e. The molecule has 0 saturated carbocycles. The van der Waals surface area contributed by atoms with E-state index < -0.39 is 0 Å². The van der Waals surface area contributed by atoms with E-state index in [9.17, 15) is 0 Å². The van der Waals surface area contributed by atoms with Crippen molar-refractivity contribution in [1.82, 2.24) is 10.2 Å². The van der Waals surface area contributed by atoms with Crippen molar-refractivity contribution in [3.63, 3.8) is 0 Å². The second-order valence-electron chi connectivity index (χ2n) is 6.12. The first kappa shape index (κ1) is 15.3. The van der Waals surface area contributed by atoms with E-state index in [0.717, 1.165) is 19.1 Å². The van der Waals surface area contributed by atoms with Crippen LogP contribution < -0.4 is 5.32 Å². The Bertz CT molecular complexity index is 562. The Balaban J connectivity index is 1.51. The molecule has 2 aromatic carbocycles. The average molecular weight is 294 g/mol. The van der Waals surface area contributed by atoms with Gasteiger partial charge in [-0.15, -0.1) is 0 Å². The maximum absolute atomic E-state index is 3.63. The predicted molar refractivity (Wildman–Crippen MR) is 93.9 cm³/mol. The minimum absolute atomic E-state index is 0.730. The third kappa shape index (κ3) is 3.76. The first-order chi connectivity index (χ1) is 10.9. The Labute approximate surface area is 134 Å². The Morgan fingerprint density at radius 2 is 1.73 bits per heavy atom. The van der Waals surface area contributed by atoms with E-state index in [1.807, 2.05) is 0 Å². The fourth-order valence-corrected chi connectivity index (χ4v) is 3.37. The van der Waals surface area contributed by atoms with Gasteiger partial charge in [0.1, 0.15) is 0 Å². The van der Waals surface area contributed by atoms with Crippen LogP contribution >= 0.6 is 0 Å². The van der Waals surface area contributed by atoms with Crippen molar-refractivity contribution in [3.8, 4) is 11.1 Å². The molecule has 22 heavy (non-hydrogen) atoms. The number of nitrogens with zero attached hydrogens (tertiary/aromatic N) is 1. The molecule has 1 atom stereocenters. The molecule has 1 aliphatic heterocycles. The van der Waals surface area contributed by atoms with Crippen LogP contribution in [-0.2, 0) is 6.54 Å². The monoisotopic (exact) mass is 294 g/mol. The summed E-state index contributed by atoms with van der Waals surface area (Å²) in [4.78, 5) is 2.59. The predicted octanol–water partition coefficient (Wildman–Crippen LogP) is 3.93. The molecule has 1 aliphatic rings. The summed E-state index contributed by atoms with van der Waals surface area (Å²) in [7, 11) is 0. The lowest BCUT2D eigenvalue weighted by Gasteiger charge is -2.23. The lowest BCUT2D eigenvalue weighted by molar-refractivity contribution is 0.260. The van der Waals surface area contributed by atoms with Crippen LogP contribution in [0.2, 0.25) is 0 Å². The van der Waals surface area contributed by atoms with Gasteiger partial charge in [0.15, 0.2) is 0 Å². The fraction of sp³-hybridized carbons (Fsp3) is 0.400. The minimum Gasteiger partial charge on any atom is -0.311 e. The largest absolute Gasteiger partial charge is 0.311 e. The highest BCUT2D eigenvalue weighted by Crippen LogP contribution is 2.19. The molecule has 0 bridgehead atoms. The summed E-state index contributed by atoms with van der Waals surface area (Å²) in [5, 5.41) is 3.63. The van der Waals surface area contributed by atoms with Crippen molar-refractivity contribution in [2.75, 3.05) is 19.6 Å². The summed E-state index contributed by atoms with van der Waals surface area (Å²) in [5.74, 6) is 0. The summed E-state index contributed by atoms with van der Waals surface area (Å²) in [6, 6.07) is 20.2. The van der Waals surface area contributed by atoms with Crippen molar-refractivity contribution in [2.24, 2.45) is 0 Å². The molecule has 2 heteroatoms. The highest BCUT2D eigenvalue weighted by molar-refractivity contribution is 5.63. The van der Waals surface area contributed by atoms with E-state index in [0.29, 0.717) is 0 Å². The molecule has 1 fully saturated rings. The van der Waals surface area contributed by atoms with Gasteiger partial charge in [-0.1, -0.05) is 61.5 Å². The number of likely N-dealkylation sites (tertiary alicyclic amines) is 1. The maximum atomic E-state index is 3.63. The molecule has 1 N–H and O–H groups in total. The molecule has 1 unspecified atom stereocenters. The van der Waals surface area contributed by atoms with Gasteiger partial charge in [-0.05, 0) is 42.6 Å². The van der Waals surface area contributed by atoms with Crippen LogP contribution in [0.15, 0.2) is 54.6 Å². The van der Waals surface area contributed by atoms with Crippen LogP contribution in [0.4, 0.5) is 0 Å². The molecule has 2 aromatic rings. The molecule has 0 aromatic heterocycles. The SMILES string of the molecule is CCN1CCCC1CNCc1ccc(-c2ccccc2)cc1. The second-order valence-corrected chi connectivity index (χ2v) is 6.12. The topological polar surface area (TPSA) is 15.3 Å². The number of nitrogens with one attached hydrogen (secondary N) is 1. The lowest BCUT2D eigenvalue weighted by Crippen LogP contribution is -2.37. The van der Waals surface area contributed by atoms with Gasteiger partial charge in [-0.2, -0.15) is 0 Å². The molecule has 0 amide bonds. The standard InChI is InChI=1S/C20H26N2/c1-2-22-14-6-9-20(22)16-21-15-17-10-12-19(13-11-17)18-7-4-3-5-8-18/h3-5,7-8,10-13,20-21H,2,6,9,14-16H2,1H3. The van der Waals surface area contributed by atoms with Crippen LogP contribution in [0, 0.1) is 0 Å². The highest BCUT2D eigenvalue weighted by atomic mass is 15.2. The summed E-state index contributed by atoms with van der Waals surface area (Å²) in [5.41, 5.74) is 3.93. The molecule has 0 spiro atoms. The molecule has 0 aliphatic carbocycles. The highest BCUT2D eigenvalue weighted by Gasteiger charge is 2.21. The van der Waals surface area contributed by atoms with Crippen molar-refractivity contribution in [3.05, 3.63) is 60.2 Å². The van der Waals surface area contributed by atoms with Crippen molar-refractivity contribution in [2.45, 2.75) is 32.4 Å². The van der Waals surface area contributed by atoms with Crippen LogP contribution in [0.25, 0.3) is 11.1 Å². The van der Waals surface area contributed by atoms with Gasteiger partial charge >= 0.3 is 0 Å². The van der Waals surface area contributed by atoms with Crippen molar-refractivity contribution >= 4 is 0 Å². The molecule has 116 valence electrons. The number of hydrogen-bond acceptors (Lipinski definition) is 2. The van der Waals surface area contributed by atoms with Crippen LogP contribution in [0.3, 0.4) is 0 Å². The molecule has 0 radical (unpaired) electrons. The second kappa shape index (κ2) is 7.57. The van der Waals surface area contributed by atoms with Gasteiger partial charge in [-0.25, -0.2) is 0 Å². The zero-order chi connectivity index (χ0) is 15.2. The van der Waals surface area contributed by atoms with Gasteiger partial charge in [0, 0.05) is 19.1 Å². The van der Waals surface area contributed by atoms with E-state index >= 15 is 0 Å². The van der Waals surface area contributed by atoms with Crippen molar-refractivity contribution in [1.29, 1.82) is 0 Å². The molecular formula is C20H26N2. The molecule has 2 nitrogen and oxygen atoms in total. The fourth-order valence-electron chi connectivity index (χ4n) is 3.37. The zero-order valence-corrected chi connectivity index (χ0v) is 13.5. The normalized spacial score (nSPS) is 18.7. The summed E-state index contributed by atoms with van der Waals surface area (Å²) >= 11 is 0. The van der Waals surface area contributed by atoms with E-state index in [1.54, 1.807) is 0 Å². The van der Waals surface area contributed by atoms with Gasteiger partial charge in [-0.3, -0.25) is 4.90 Å². The number of hydrogen-bond donors (Lipinski definition) is 1. The Morgan fingerprint density at radius 3 is 2.45 bits per heavy atom. The third-order valence-corrected chi connectivity index (χ3v) is 4.68. The average Bonchev–Trinajstić information content (AvgIpc) is 3.04. The van der Waals surface area contributed by atoms with E-state index in [4.69, 9.17) is 0 Å². The van der Waals surface area contributed by atoms with E-state index in [2.05, 4.69) is 71.7 Å². The number of rotatable bonds is 6. The van der Waals surface area contributed by atoms with Crippen LogP contribution in [0.5, 0.6) is 0 Å². The Kier molecular flexibility index (Phi) is 5.25. The lowest BCUT2D eigenvalue weighted by atomic mass is 10.0. The van der Waals surface area contributed by atoms with Crippen molar-refractivity contribution < 1.29 is 0 Å². The summed E-state index contributed by atoms with van der Waals surface area (Å²) in [6.45, 7) is 6.78. The minimum atomic E-state index is 0.730. The number of benzene rings is 2. The zero-order valence-electron chi connectivity index (χ0n) is 13.5. The molecular weight excluding hydrogens is 268 g/mol. The summed E-state index contributed by atoms with van der Waals surface area (Å²) in [6.07, 6.45) is 2.69. The first-order valence-corrected chi connectivity index (χ1v) is 8.46. The summed E-state index contributed by atoms with van der Waals surface area (Å²) < 4.78 is 0. The quantitative estimate of drug-likeness (QED) is 0.868. The first-order valence-electron chi connectivity index (χ1n) is 8.46. The molecule has 1 saturated heterocycles. The van der Waals surface area contributed by atoms with Crippen LogP contribution in [0.1, 0.15) is 25.3 Å². The Hall–Kier alpha value is -1.64. The maximum Gasteiger partial charge on any atom is 0.0221 e. The third-order valence-electron chi connectivity index (χ3n) is 4.68. The molecule has 3 rings (SSSR count). The van der Waals surface area contributed by atoms with Gasteiger partial charge < -0.3 is 5.32 Å². The molecule has 1 heterocycles. The Morgan fingerprint density at radius 1 is 1.00 bits per heavy atom. The van der Waals surface area contributed by atoms with E-state index in [-0.39, 0.29) is 0 Å². The van der Waals surface area contributed by atoms with Gasteiger partial charge in [0.05, 0.1) is 0 Å². The number of likely N-dealkylation sites (N-methyl/N-ethyl adjacent to an activating group) is 1. The van der Waals surface area contributed by atoms with Crippen LogP contribution in [-0.4, -0.2) is 30.6 Å². The van der Waals surface area contributed by atoms with Gasteiger partial charge in [0.2, 0.25) is 0 Å². The van der Waals surface area contributed by atoms with E-state index in [1.165, 1.54) is 42.6 Å².